The molecule has 0 aliphatic carbocycles. The van der Waals surface area contributed by atoms with E-state index in [2.05, 4.69) is 12.4 Å². The molecule has 0 spiro atoms. The van der Waals surface area contributed by atoms with E-state index in [0.29, 0.717) is 12.2 Å². The van der Waals surface area contributed by atoms with Gasteiger partial charge in [0.15, 0.2) is 0 Å². The van der Waals surface area contributed by atoms with E-state index in [1.165, 1.54) is 26.2 Å². The molecule has 0 atom stereocenters. The summed E-state index contributed by atoms with van der Waals surface area (Å²) in [6.45, 7) is 6.41. The van der Waals surface area contributed by atoms with Gasteiger partial charge in [0.1, 0.15) is 31.9 Å². The van der Waals surface area contributed by atoms with Crippen LogP contribution in [0.2, 0.25) is 0 Å². The molecule has 134 valence electrons. The Kier molecular flexibility index (Phi) is 5.62. The molecule has 7 nitrogen and oxygen atoms in total. The van der Waals surface area contributed by atoms with Crippen LogP contribution in [0, 0.1) is 10.1 Å². The standard InChI is InChI=1S/C17H22N4O3S/c1-19-9-11-20(12-10-19)8-4-7-18-15-13-5-2-3-6-14(13)25-17(22)16(15)21(23)24/h2-3,5-6,18H,4,7-12H2,1H3/p+2. The van der Waals surface area contributed by atoms with E-state index in [-0.39, 0.29) is 5.69 Å². The Morgan fingerprint density at radius 2 is 1.96 bits per heavy atom. The van der Waals surface area contributed by atoms with Gasteiger partial charge in [-0.15, -0.1) is 0 Å². The number of rotatable bonds is 6. The molecule has 1 aliphatic rings. The topological polar surface area (TPSA) is 81.1 Å². The number of anilines is 1. The molecule has 0 amide bonds. The van der Waals surface area contributed by atoms with Crippen LogP contribution in [-0.2, 0) is 0 Å². The molecular weight excluding hydrogens is 340 g/mol. The SMILES string of the molecule is C[NH+]1CC[NH+](CCCNc2c([N+](=O)[O-])c(=O)sc3ccccc23)CC1. The van der Waals surface area contributed by atoms with Gasteiger partial charge in [-0.05, 0) is 6.07 Å². The largest absolute Gasteiger partial charge is 0.379 e. The summed E-state index contributed by atoms with van der Waals surface area (Å²) in [6, 6.07) is 7.33. The Hall–Kier alpha value is -2.03. The van der Waals surface area contributed by atoms with Crippen molar-refractivity contribution in [3.63, 3.8) is 0 Å². The van der Waals surface area contributed by atoms with Crippen LogP contribution in [0.15, 0.2) is 29.1 Å². The smallest absolute Gasteiger partial charge is 0.350 e. The lowest BCUT2D eigenvalue weighted by Crippen LogP contribution is -3.27. The second kappa shape index (κ2) is 7.90. The first-order valence-electron chi connectivity index (χ1n) is 8.65. The van der Waals surface area contributed by atoms with Crippen LogP contribution in [0.5, 0.6) is 0 Å². The van der Waals surface area contributed by atoms with Crippen LogP contribution in [0.4, 0.5) is 11.4 Å². The fraction of sp³-hybridized carbons (Fsp3) is 0.471. The molecule has 1 saturated heterocycles. The maximum absolute atomic E-state index is 12.1. The molecule has 8 heteroatoms. The maximum atomic E-state index is 12.1. The number of nitro groups is 1. The Balaban J connectivity index is 1.71. The van der Waals surface area contributed by atoms with E-state index in [1.807, 2.05) is 24.3 Å². The summed E-state index contributed by atoms with van der Waals surface area (Å²) in [5.41, 5.74) is 0.0291. The lowest BCUT2D eigenvalue weighted by molar-refractivity contribution is -1.00. The molecule has 2 aromatic rings. The summed E-state index contributed by atoms with van der Waals surface area (Å²) in [7, 11) is 2.22. The number of nitrogens with one attached hydrogen (secondary N) is 3. The summed E-state index contributed by atoms with van der Waals surface area (Å²) >= 11 is 0.929. The highest BCUT2D eigenvalue weighted by atomic mass is 32.1. The minimum Gasteiger partial charge on any atom is -0.379 e. The summed E-state index contributed by atoms with van der Waals surface area (Å²) in [5, 5.41) is 15.3. The minimum atomic E-state index is -0.567. The van der Waals surface area contributed by atoms with Crippen molar-refractivity contribution in [2.75, 3.05) is 51.6 Å². The number of hydrogen-bond acceptors (Lipinski definition) is 5. The molecule has 3 N–H and O–H groups in total. The second-order valence-corrected chi connectivity index (χ2v) is 7.62. The summed E-state index contributed by atoms with van der Waals surface area (Å²) in [4.78, 5) is 26.1. The molecule has 2 heterocycles. The highest BCUT2D eigenvalue weighted by molar-refractivity contribution is 7.16. The molecule has 0 radical (unpaired) electrons. The highest BCUT2D eigenvalue weighted by Crippen LogP contribution is 2.31. The number of benzene rings is 1. The molecule has 1 aliphatic heterocycles. The van der Waals surface area contributed by atoms with Gasteiger partial charge in [0.05, 0.1) is 18.5 Å². The second-order valence-electron chi connectivity index (χ2n) is 6.60. The third-order valence-corrected chi connectivity index (χ3v) is 5.75. The third-order valence-electron chi connectivity index (χ3n) is 4.79. The van der Waals surface area contributed by atoms with Crippen molar-refractivity contribution in [2.24, 2.45) is 0 Å². The minimum absolute atomic E-state index is 0.334. The first-order valence-corrected chi connectivity index (χ1v) is 9.47. The zero-order valence-corrected chi connectivity index (χ0v) is 15.2. The predicted molar refractivity (Wildman–Crippen MR) is 100 cm³/mol. The van der Waals surface area contributed by atoms with Crippen molar-refractivity contribution < 1.29 is 14.7 Å². The van der Waals surface area contributed by atoms with E-state index in [1.54, 1.807) is 9.80 Å². The van der Waals surface area contributed by atoms with Gasteiger partial charge in [-0.1, -0.05) is 29.5 Å². The lowest BCUT2D eigenvalue weighted by Gasteiger charge is -2.27. The fourth-order valence-corrected chi connectivity index (χ4v) is 4.22. The van der Waals surface area contributed by atoms with Gasteiger partial charge in [0, 0.05) is 23.1 Å². The van der Waals surface area contributed by atoms with Gasteiger partial charge in [-0.2, -0.15) is 0 Å². The number of likely N-dealkylation sites (N-methyl/N-ethyl adjacent to an activating group) is 1. The van der Waals surface area contributed by atoms with E-state index < -0.39 is 9.67 Å². The average Bonchev–Trinajstić information content (AvgIpc) is 2.59. The van der Waals surface area contributed by atoms with E-state index >= 15 is 0 Å². The number of quaternary nitrogens is 2. The van der Waals surface area contributed by atoms with Gasteiger partial charge in [-0.25, -0.2) is 0 Å². The quantitative estimate of drug-likeness (QED) is 0.363. The number of fused-ring (bicyclic) bond motifs is 1. The van der Waals surface area contributed by atoms with Crippen molar-refractivity contribution in [1.82, 2.24) is 0 Å². The van der Waals surface area contributed by atoms with Gasteiger partial charge >= 0.3 is 10.4 Å². The zero-order chi connectivity index (χ0) is 17.8. The normalized spacial score (nSPS) is 20.5. The third kappa shape index (κ3) is 4.15. The molecule has 1 fully saturated rings. The molecule has 0 unspecified atom stereocenters. The lowest BCUT2D eigenvalue weighted by atomic mass is 10.2. The maximum Gasteiger partial charge on any atom is 0.350 e. The van der Waals surface area contributed by atoms with Gasteiger partial charge in [0.2, 0.25) is 0 Å². The summed E-state index contributed by atoms with van der Waals surface area (Å²) < 4.78 is 0.270. The van der Waals surface area contributed by atoms with Crippen LogP contribution in [0.1, 0.15) is 6.42 Å². The Labute approximate surface area is 150 Å². The zero-order valence-electron chi connectivity index (χ0n) is 14.3. The van der Waals surface area contributed by atoms with E-state index in [0.717, 1.165) is 34.4 Å². The van der Waals surface area contributed by atoms with E-state index in [9.17, 15) is 14.9 Å². The summed E-state index contributed by atoms with van der Waals surface area (Å²) in [5.74, 6) is 0. The first-order chi connectivity index (χ1) is 12.1. The van der Waals surface area contributed by atoms with Crippen molar-refractivity contribution in [2.45, 2.75) is 6.42 Å². The van der Waals surface area contributed by atoms with Crippen LogP contribution in [-0.4, -0.2) is 51.2 Å². The van der Waals surface area contributed by atoms with Crippen LogP contribution in [0.3, 0.4) is 0 Å². The molecule has 1 aromatic carbocycles. The number of piperazine rings is 1. The summed E-state index contributed by atoms with van der Waals surface area (Å²) in [6.07, 6.45) is 0.923. The van der Waals surface area contributed by atoms with Crippen LogP contribution in [0.25, 0.3) is 10.1 Å². The molecule has 0 saturated carbocycles. The molecule has 25 heavy (non-hydrogen) atoms. The van der Waals surface area contributed by atoms with Crippen LogP contribution < -0.4 is 19.9 Å². The average molecular weight is 364 g/mol. The van der Waals surface area contributed by atoms with Crippen molar-refractivity contribution in [3.8, 4) is 0 Å². The highest BCUT2D eigenvalue weighted by Gasteiger charge is 2.23. The predicted octanol–water partition coefficient (Wildman–Crippen LogP) is -0.615. The Bertz CT molecular complexity index is 815. The van der Waals surface area contributed by atoms with Crippen molar-refractivity contribution in [3.05, 3.63) is 43.9 Å². The van der Waals surface area contributed by atoms with Gasteiger partial charge in [0.25, 0.3) is 0 Å². The molecule has 0 bridgehead atoms. The first kappa shape index (κ1) is 17.8. The molecule has 1 aromatic heterocycles. The number of hydrogen-bond donors (Lipinski definition) is 3. The van der Waals surface area contributed by atoms with Crippen molar-refractivity contribution >= 4 is 32.8 Å². The van der Waals surface area contributed by atoms with Gasteiger partial charge in [-0.3, -0.25) is 14.9 Å². The number of nitrogens with zero attached hydrogens (tertiary/aromatic N) is 1. The molecule has 3 rings (SSSR count). The monoisotopic (exact) mass is 364 g/mol. The van der Waals surface area contributed by atoms with Gasteiger partial charge < -0.3 is 15.1 Å². The fourth-order valence-electron chi connectivity index (χ4n) is 3.32. The Morgan fingerprint density at radius 1 is 1.24 bits per heavy atom. The van der Waals surface area contributed by atoms with Crippen molar-refractivity contribution in [1.29, 1.82) is 0 Å². The Morgan fingerprint density at radius 3 is 2.68 bits per heavy atom. The van der Waals surface area contributed by atoms with Crippen LogP contribution >= 0.6 is 11.3 Å². The molecular formula is C17H24N4O3S+2. The van der Waals surface area contributed by atoms with E-state index in [4.69, 9.17) is 0 Å².